The van der Waals surface area contributed by atoms with Gasteiger partial charge in [0.1, 0.15) is 0 Å². The maximum Gasteiger partial charge on any atom is 0.416 e. The summed E-state index contributed by atoms with van der Waals surface area (Å²) in [6, 6.07) is 4.87. The number of alkyl halides is 3. The van der Waals surface area contributed by atoms with Crippen LogP contribution in [0.3, 0.4) is 0 Å². The molecule has 4 N–H and O–H groups in total. The molecule has 0 fully saturated rings. The first kappa shape index (κ1) is 14.0. The zero-order valence-corrected chi connectivity index (χ0v) is 9.50. The molecule has 0 saturated carbocycles. The minimum absolute atomic E-state index is 0.164. The molecule has 0 aromatic heterocycles. The van der Waals surface area contributed by atoms with Crippen LogP contribution in [0.2, 0.25) is 0 Å². The summed E-state index contributed by atoms with van der Waals surface area (Å²) in [5.74, 6) is 0. The molecular weight excluding hydrogens is 229 g/mol. The van der Waals surface area contributed by atoms with E-state index in [0.717, 1.165) is 18.9 Å². The first-order valence-corrected chi connectivity index (χ1v) is 5.58. The van der Waals surface area contributed by atoms with Gasteiger partial charge in [0, 0.05) is 6.04 Å². The Hall–Kier alpha value is -1.07. The summed E-state index contributed by atoms with van der Waals surface area (Å²) < 4.78 is 38.2. The molecule has 0 unspecified atom stereocenters. The van der Waals surface area contributed by atoms with E-state index in [2.05, 4.69) is 0 Å². The number of nitrogens with two attached hydrogens (primary N) is 2. The lowest BCUT2D eigenvalue weighted by Crippen LogP contribution is -2.17. The number of hydrogen-bond donors (Lipinski definition) is 2. The molecule has 1 atom stereocenters. The third-order valence-corrected chi connectivity index (χ3v) is 2.63. The summed E-state index contributed by atoms with van der Waals surface area (Å²) in [6.45, 7) is 0.535. The SMILES string of the molecule is NCCCC[C@H](N)c1ccccc1C(F)(F)F. The van der Waals surface area contributed by atoms with Crippen LogP contribution in [0.4, 0.5) is 13.2 Å². The molecule has 96 valence electrons. The van der Waals surface area contributed by atoms with E-state index in [4.69, 9.17) is 11.5 Å². The van der Waals surface area contributed by atoms with Crippen molar-refractivity contribution < 1.29 is 13.2 Å². The van der Waals surface area contributed by atoms with Crippen molar-refractivity contribution in [3.8, 4) is 0 Å². The highest BCUT2D eigenvalue weighted by Crippen LogP contribution is 2.34. The van der Waals surface area contributed by atoms with Crippen molar-refractivity contribution in [2.24, 2.45) is 11.5 Å². The minimum atomic E-state index is -4.35. The zero-order valence-electron chi connectivity index (χ0n) is 9.50. The van der Waals surface area contributed by atoms with Crippen LogP contribution < -0.4 is 11.5 Å². The van der Waals surface area contributed by atoms with E-state index < -0.39 is 17.8 Å². The van der Waals surface area contributed by atoms with E-state index in [1.165, 1.54) is 12.1 Å². The average molecular weight is 246 g/mol. The summed E-state index contributed by atoms with van der Waals surface area (Å²) in [4.78, 5) is 0. The Morgan fingerprint density at radius 3 is 2.35 bits per heavy atom. The summed E-state index contributed by atoms with van der Waals surface area (Å²) in [5.41, 5.74) is 10.6. The molecular formula is C12H17F3N2. The number of unbranched alkanes of at least 4 members (excludes halogenated alkanes) is 1. The maximum absolute atomic E-state index is 12.7. The molecule has 17 heavy (non-hydrogen) atoms. The summed E-state index contributed by atoms with van der Waals surface area (Å²) >= 11 is 0. The highest BCUT2D eigenvalue weighted by atomic mass is 19.4. The van der Waals surface area contributed by atoms with Gasteiger partial charge in [-0.05, 0) is 31.0 Å². The molecule has 2 nitrogen and oxygen atoms in total. The largest absolute Gasteiger partial charge is 0.416 e. The average Bonchev–Trinajstić information content (AvgIpc) is 2.28. The maximum atomic E-state index is 12.7. The Morgan fingerprint density at radius 1 is 1.12 bits per heavy atom. The lowest BCUT2D eigenvalue weighted by atomic mass is 9.96. The monoisotopic (exact) mass is 246 g/mol. The van der Waals surface area contributed by atoms with Crippen LogP contribution >= 0.6 is 0 Å². The van der Waals surface area contributed by atoms with Gasteiger partial charge in [-0.1, -0.05) is 24.6 Å². The van der Waals surface area contributed by atoms with E-state index in [1.807, 2.05) is 0 Å². The van der Waals surface area contributed by atoms with Crippen molar-refractivity contribution in [3.05, 3.63) is 35.4 Å². The van der Waals surface area contributed by atoms with E-state index in [9.17, 15) is 13.2 Å². The smallest absolute Gasteiger partial charge is 0.330 e. The van der Waals surface area contributed by atoms with Crippen molar-refractivity contribution >= 4 is 0 Å². The zero-order chi connectivity index (χ0) is 12.9. The lowest BCUT2D eigenvalue weighted by molar-refractivity contribution is -0.138. The number of halogens is 3. The van der Waals surface area contributed by atoms with Crippen molar-refractivity contribution in [1.29, 1.82) is 0 Å². The van der Waals surface area contributed by atoms with Crippen LogP contribution in [0.1, 0.15) is 36.4 Å². The normalized spacial score (nSPS) is 13.7. The Balaban J connectivity index is 2.82. The van der Waals surface area contributed by atoms with Gasteiger partial charge in [-0.15, -0.1) is 0 Å². The molecule has 1 aromatic carbocycles. The van der Waals surface area contributed by atoms with E-state index >= 15 is 0 Å². The Morgan fingerprint density at radius 2 is 1.76 bits per heavy atom. The Kier molecular flexibility index (Phi) is 4.96. The van der Waals surface area contributed by atoms with Gasteiger partial charge in [-0.3, -0.25) is 0 Å². The molecule has 5 heteroatoms. The van der Waals surface area contributed by atoms with Gasteiger partial charge in [0.15, 0.2) is 0 Å². The molecule has 0 amide bonds. The number of benzene rings is 1. The first-order chi connectivity index (χ1) is 7.96. The van der Waals surface area contributed by atoms with E-state index in [1.54, 1.807) is 6.07 Å². The summed E-state index contributed by atoms with van der Waals surface area (Å²) in [6.07, 6.45) is -2.31. The summed E-state index contributed by atoms with van der Waals surface area (Å²) in [7, 11) is 0. The third-order valence-electron chi connectivity index (χ3n) is 2.63. The fraction of sp³-hybridized carbons (Fsp3) is 0.500. The van der Waals surface area contributed by atoms with Crippen LogP contribution in [-0.4, -0.2) is 6.54 Å². The van der Waals surface area contributed by atoms with Gasteiger partial charge in [-0.25, -0.2) is 0 Å². The van der Waals surface area contributed by atoms with Crippen molar-refractivity contribution in [2.45, 2.75) is 31.5 Å². The first-order valence-electron chi connectivity index (χ1n) is 5.58. The van der Waals surface area contributed by atoms with Crippen molar-refractivity contribution in [3.63, 3.8) is 0 Å². The van der Waals surface area contributed by atoms with Gasteiger partial charge < -0.3 is 11.5 Å². The van der Waals surface area contributed by atoms with Gasteiger partial charge in [0.2, 0.25) is 0 Å². The van der Waals surface area contributed by atoms with Gasteiger partial charge in [-0.2, -0.15) is 13.2 Å². The minimum Gasteiger partial charge on any atom is -0.330 e. The van der Waals surface area contributed by atoms with Gasteiger partial charge in [0.25, 0.3) is 0 Å². The summed E-state index contributed by atoms with van der Waals surface area (Å²) in [5, 5.41) is 0. The molecule has 0 aliphatic heterocycles. The second-order valence-corrected chi connectivity index (χ2v) is 3.98. The fourth-order valence-electron chi connectivity index (χ4n) is 1.74. The number of rotatable bonds is 5. The van der Waals surface area contributed by atoms with E-state index in [0.29, 0.717) is 13.0 Å². The molecule has 0 spiro atoms. The molecule has 0 aliphatic carbocycles. The molecule has 1 rings (SSSR count). The van der Waals surface area contributed by atoms with Crippen molar-refractivity contribution in [2.75, 3.05) is 6.54 Å². The van der Waals surface area contributed by atoms with Crippen LogP contribution in [0.5, 0.6) is 0 Å². The van der Waals surface area contributed by atoms with Crippen molar-refractivity contribution in [1.82, 2.24) is 0 Å². The predicted octanol–water partition coefficient (Wildman–Crippen LogP) is 2.83. The van der Waals surface area contributed by atoms with E-state index in [-0.39, 0.29) is 5.56 Å². The highest BCUT2D eigenvalue weighted by Gasteiger charge is 2.34. The fourth-order valence-corrected chi connectivity index (χ4v) is 1.74. The quantitative estimate of drug-likeness (QED) is 0.785. The molecule has 0 heterocycles. The lowest BCUT2D eigenvalue weighted by Gasteiger charge is -2.18. The Labute approximate surface area is 98.8 Å². The molecule has 0 bridgehead atoms. The van der Waals surface area contributed by atoms with Crippen LogP contribution in [0.15, 0.2) is 24.3 Å². The molecule has 0 saturated heterocycles. The van der Waals surface area contributed by atoms with Crippen LogP contribution in [0.25, 0.3) is 0 Å². The Bertz CT molecular complexity index is 350. The molecule has 0 aliphatic rings. The molecule has 0 radical (unpaired) electrons. The molecule has 1 aromatic rings. The second kappa shape index (κ2) is 6.02. The third kappa shape index (κ3) is 4.02. The standard InChI is InChI=1S/C12H17F3N2/c13-12(14,15)10-6-2-1-5-9(10)11(17)7-3-4-8-16/h1-2,5-6,11H,3-4,7-8,16-17H2/t11-/m0/s1. The van der Waals surface area contributed by atoms with Gasteiger partial charge >= 0.3 is 6.18 Å². The van der Waals surface area contributed by atoms with Crippen LogP contribution in [-0.2, 0) is 6.18 Å². The van der Waals surface area contributed by atoms with Crippen LogP contribution in [0, 0.1) is 0 Å². The number of hydrogen-bond acceptors (Lipinski definition) is 2. The van der Waals surface area contributed by atoms with Gasteiger partial charge in [0.05, 0.1) is 5.56 Å². The highest BCUT2D eigenvalue weighted by molar-refractivity contribution is 5.32. The predicted molar refractivity (Wildman–Crippen MR) is 61.3 cm³/mol. The second-order valence-electron chi connectivity index (χ2n) is 3.98. The topological polar surface area (TPSA) is 52.0 Å².